The van der Waals surface area contributed by atoms with E-state index in [1.54, 1.807) is 12.1 Å². The number of allylic oxidation sites excluding steroid dienone is 1. The molecule has 0 radical (unpaired) electrons. The Morgan fingerprint density at radius 2 is 1.63 bits per heavy atom. The van der Waals surface area contributed by atoms with Crippen LogP contribution in [0.15, 0.2) is 30.3 Å². The Labute approximate surface area is 159 Å². The first-order valence-corrected chi connectivity index (χ1v) is 10.0. The van der Waals surface area contributed by atoms with Crippen molar-refractivity contribution in [1.82, 2.24) is 0 Å². The van der Waals surface area contributed by atoms with Crippen LogP contribution in [0.2, 0.25) is 0 Å². The van der Waals surface area contributed by atoms with Crippen molar-refractivity contribution in [2.45, 2.75) is 57.8 Å². The Morgan fingerprint density at radius 3 is 2.30 bits per heavy atom. The van der Waals surface area contributed by atoms with Crippen molar-refractivity contribution in [3.05, 3.63) is 70.0 Å². The molecule has 4 rings (SSSR count). The first-order valence-electron chi connectivity index (χ1n) is 10.0. The van der Waals surface area contributed by atoms with Crippen LogP contribution in [0.25, 0.3) is 11.6 Å². The molecule has 2 aromatic rings. The van der Waals surface area contributed by atoms with Crippen LogP contribution < -0.4 is 0 Å². The van der Waals surface area contributed by atoms with Gasteiger partial charge in [-0.1, -0.05) is 31.9 Å². The quantitative estimate of drug-likeness (QED) is 0.531. The van der Waals surface area contributed by atoms with Gasteiger partial charge in [-0.25, -0.2) is 13.2 Å². The Kier molecular flexibility index (Phi) is 5.12. The Balaban J connectivity index is 1.56. The molecule has 0 nitrogen and oxygen atoms in total. The molecular formula is C24H25F3. The van der Waals surface area contributed by atoms with Crippen molar-refractivity contribution in [3.8, 4) is 0 Å². The molecule has 0 heterocycles. The van der Waals surface area contributed by atoms with Crippen LogP contribution in [0.3, 0.4) is 0 Å². The van der Waals surface area contributed by atoms with Crippen molar-refractivity contribution >= 4 is 11.6 Å². The first kappa shape index (κ1) is 18.3. The van der Waals surface area contributed by atoms with Crippen LogP contribution in [0.4, 0.5) is 13.2 Å². The van der Waals surface area contributed by atoms with Crippen molar-refractivity contribution in [2.24, 2.45) is 5.92 Å². The topological polar surface area (TPSA) is 0 Å². The van der Waals surface area contributed by atoms with E-state index < -0.39 is 11.6 Å². The molecule has 0 spiro atoms. The summed E-state index contributed by atoms with van der Waals surface area (Å²) in [4.78, 5) is 0. The Bertz CT molecular complexity index is 850. The summed E-state index contributed by atoms with van der Waals surface area (Å²) in [6.07, 6.45) is 8.91. The fraction of sp³-hybridized carbons (Fsp3) is 0.417. The monoisotopic (exact) mass is 370 g/mol. The third kappa shape index (κ3) is 3.69. The molecule has 2 aliphatic carbocycles. The smallest absolute Gasteiger partial charge is 0.133 e. The van der Waals surface area contributed by atoms with E-state index >= 15 is 0 Å². The zero-order valence-electron chi connectivity index (χ0n) is 15.7. The maximum atomic E-state index is 14.9. The predicted octanol–water partition coefficient (Wildman–Crippen LogP) is 7.27. The lowest BCUT2D eigenvalue weighted by atomic mass is 9.77. The lowest BCUT2D eigenvalue weighted by Crippen LogP contribution is -2.14. The SMILES string of the molecule is CCCC1CCC(c2cc(F)c(C3=Cc4cc(F)ccc4C3)c(F)c2)CC1. The molecule has 0 saturated heterocycles. The molecule has 0 atom stereocenters. The minimum Gasteiger partial charge on any atom is -0.207 e. The van der Waals surface area contributed by atoms with Gasteiger partial charge in [0.25, 0.3) is 0 Å². The van der Waals surface area contributed by atoms with Crippen LogP contribution in [-0.4, -0.2) is 0 Å². The van der Waals surface area contributed by atoms with Gasteiger partial charge in [-0.15, -0.1) is 0 Å². The van der Waals surface area contributed by atoms with Gasteiger partial charge in [-0.2, -0.15) is 0 Å². The van der Waals surface area contributed by atoms with Gasteiger partial charge in [0.15, 0.2) is 0 Å². The molecule has 27 heavy (non-hydrogen) atoms. The zero-order valence-corrected chi connectivity index (χ0v) is 15.7. The second kappa shape index (κ2) is 7.53. The Morgan fingerprint density at radius 1 is 0.926 bits per heavy atom. The highest BCUT2D eigenvalue weighted by molar-refractivity contribution is 5.88. The maximum Gasteiger partial charge on any atom is 0.133 e. The minimum absolute atomic E-state index is 0.0371. The van der Waals surface area contributed by atoms with Crippen LogP contribution in [0, 0.1) is 23.4 Å². The second-order valence-electron chi connectivity index (χ2n) is 8.06. The summed E-state index contributed by atoms with van der Waals surface area (Å²) in [5, 5.41) is 0. The molecular weight excluding hydrogens is 345 g/mol. The molecule has 0 unspecified atom stereocenters. The van der Waals surface area contributed by atoms with Gasteiger partial charge in [-0.05, 0) is 90.5 Å². The summed E-state index contributed by atoms with van der Waals surface area (Å²) in [6.45, 7) is 2.21. The summed E-state index contributed by atoms with van der Waals surface area (Å²) in [5.74, 6) is -0.315. The lowest BCUT2D eigenvalue weighted by molar-refractivity contribution is 0.307. The molecule has 2 aliphatic rings. The number of halogens is 3. The molecule has 3 heteroatoms. The molecule has 0 amide bonds. The van der Waals surface area contributed by atoms with Gasteiger partial charge >= 0.3 is 0 Å². The van der Waals surface area contributed by atoms with E-state index in [4.69, 9.17) is 0 Å². The second-order valence-corrected chi connectivity index (χ2v) is 8.06. The van der Waals surface area contributed by atoms with Crippen LogP contribution in [0.5, 0.6) is 0 Å². The summed E-state index contributed by atoms with van der Waals surface area (Å²) in [6, 6.07) is 7.54. The van der Waals surface area contributed by atoms with Gasteiger partial charge in [0.05, 0.1) is 0 Å². The molecule has 0 aliphatic heterocycles. The number of hydrogen-bond donors (Lipinski definition) is 0. The number of benzene rings is 2. The van der Waals surface area contributed by atoms with Crippen molar-refractivity contribution in [1.29, 1.82) is 0 Å². The minimum atomic E-state index is -0.500. The maximum absolute atomic E-state index is 14.9. The van der Waals surface area contributed by atoms with Crippen LogP contribution in [-0.2, 0) is 6.42 Å². The number of fused-ring (bicyclic) bond motifs is 1. The molecule has 1 fully saturated rings. The largest absolute Gasteiger partial charge is 0.207 e. The van der Waals surface area contributed by atoms with E-state index in [2.05, 4.69) is 6.92 Å². The summed E-state index contributed by atoms with van der Waals surface area (Å²) in [5.41, 5.74) is 3.02. The van der Waals surface area contributed by atoms with E-state index in [0.29, 0.717) is 17.6 Å². The highest BCUT2D eigenvalue weighted by Gasteiger charge is 2.26. The molecule has 0 N–H and O–H groups in total. The van der Waals surface area contributed by atoms with E-state index in [1.165, 1.54) is 37.1 Å². The molecule has 0 aromatic heterocycles. The van der Waals surface area contributed by atoms with E-state index in [1.807, 2.05) is 0 Å². The van der Waals surface area contributed by atoms with Crippen molar-refractivity contribution < 1.29 is 13.2 Å². The first-order chi connectivity index (χ1) is 13.0. The Hall–Kier alpha value is -2.03. The average molecular weight is 370 g/mol. The van der Waals surface area contributed by atoms with Gasteiger partial charge < -0.3 is 0 Å². The van der Waals surface area contributed by atoms with Gasteiger partial charge in [-0.3, -0.25) is 0 Å². The zero-order chi connectivity index (χ0) is 19.0. The molecule has 1 saturated carbocycles. The molecule has 0 bridgehead atoms. The summed E-state index contributed by atoms with van der Waals surface area (Å²) < 4.78 is 43.1. The van der Waals surface area contributed by atoms with Gasteiger partial charge in [0.1, 0.15) is 17.5 Å². The standard InChI is InChI=1S/C24H25F3/c1-2-3-15-4-6-16(7-5-15)19-13-22(26)24(23(27)14-19)20-10-17-8-9-21(25)12-18(17)11-20/h8-9,11-16H,2-7,10H2,1H3. The molecule has 142 valence electrons. The van der Waals surface area contributed by atoms with Crippen molar-refractivity contribution in [3.63, 3.8) is 0 Å². The summed E-state index contributed by atoms with van der Waals surface area (Å²) in [7, 11) is 0. The predicted molar refractivity (Wildman–Crippen MR) is 104 cm³/mol. The normalized spacial score (nSPS) is 21.9. The third-order valence-electron chi connectivity index (χ3n) is 6.22. The fourth-order valence-corrected chi connectivity index (χ4v) is 4.79. The molecule has 2 aromatic carbocycles. The number of hydrogen-bond acceptors (Lipinski definition) is 0. The lowest BCUT2D eigenvalue weighted by Gasteiger charge is -2.29. The summed E-state index contributed by atoms with van der Waals surface area (Å²) >= 11 is 0. The van der Waals surface area contributed by atoms with Crippen LogP contribution in [0.1, 0.15) is 73.6 Å². The van der Waals surface area contributed by atoms with Gasteiger partial charge in [0, 0.05) is 5.56 Å². The highest BCUT2D eigenvalue weighted by atomic mass is 19.1. The van der Waals surface area contributed by atoms with Crippen LogP contribution >= 0.6 is 0 Å². The number of rotatable bonds is 4. The van der Waals surface area contributed by atoms with Crippen molar-refractivity contribution in [2.75, 3.05) is 0 Å². The van der Waals surface area contributed by atoms with E-state index in [0.717, 1.165) is 42.7 Å². The fourth-order valence-electron chi connectivity index (χ4n) is 4.79. The van der Waals surface area contributed by atoms with E-state index in [9.17, 15) is 13.2 Å². The third-order valence-corrected chi connectivity index (χ3v) is 6.22. The van der Waals surface area contributed by atoms with E-state index in [-0.39, 0.29) is 17.3 Å². The van der Waals surface area contributed by atoms with Gasteiger partial charge in [0.2, 0.25) is 0 Å². The highest BCUT2D eigenvalue weighted by Crippen LogP contribution is 2.40. The average Bonchev–Trinajstić information content (AvgIpc) is 3.04.